The lowest BCUT2D eigenvalue weighted by molar-refractivity contribution is -0.143. The molecule has 2 atom stereocenters. The minimum Gasteiger partial charge on any atom is -0.466 e. The second kappa shape index (κ2) is 61.4. The van der Waals surface area contributed by atoms with Crippen molar-refractivity contribution in [1.82, 2.24) is 5.32 Å². The first-order valence-electron chi connectivity index (χ1n) is 31.9. The van der Waals surface area contributed by atoms with E-state index in [-0.39, 0.29) is 18.5 Å². The van der Waals surface area contributed by atoms with Crippen LogP contribution in [0.25, 0.3) is 0 Å². The van der Waals surface area contributed by atoms with E-state index in [0.717, 1.165) is 70.6 Å². The van der Waals surface area contributed by atoms with Gasteiger partial charge >= 0.3 is 5.97 Å². The number of esters is 1. The minimum atomic E-state index is -0.857. The summed E-state index contributed by atoms with van der Waals surface area (Å²) in [6.45, 7) is 4.87. The number of allylic oxidation sites excluding steroid dienone is 7. The fraction of sp³-hybridized carbons (Fsp3) is 0.848. The van der Waals surface area contributed by atoms with Gasteiger partial charge in [-0.1, -0.05) is 281 Å². The third-order valence-electron chi connectivity index (χ3n) is 14.6. The topological polar surface area (TPSA) is 95.9 Å². The van der Waals surface area contributed by atoms with Crippen LogP contribution >= 0.6 is 0 Å². The summed E-state index contributed by atoms with van der Waals surface area (Å²) in [6.07, 6.45) is 78.6. The standard InChI is InChI=1S/C66H123NO5/c1-3-5-7-9-11-13-15-17-19-21-23-25-26-30-34-38-42-46-50-54-58-64(69)63(62-68)67-65(70)59-55-51-47-43-39-35-31-28-29-33-37-41-45-49-53-57-61-72-66(71)60-56-52-48-44-40-36-32-27-24-22-20-18-16-14-12-10-8-6-4-2/h12,14,18,20,28,31,54,58,63-64,68-69H,3-11,13,15-17,19,21-27,29-30,32-53,55-57,59-62H2,1-2H3,(H,67,70)/b14-12-,20-18-,31-28-,58-54+. The second-order valence-corrected chi connectivity index (χ2v) is 21.7. The van der Waals surface area contributed by atoms with Gasteiger partial charge in [-0.3, -0.25) is 9.59 Å². The molecule has 0 heterocycles. The quantitative estimate of drug-likeness (QED) is 0.0320. The van der Waals surface area contributed by atoms with E-state index in [2.05, 4.69) is 55.6 Å². The molecule has 0 aromatic carbocycles. The van der Waals surface area contributed by atoms with Gasteiger partial charge in [-0.2, -0.15) is 0 Å². The fourth-order valence-electron chi connectivity index (χ4n) is 9.66. The third kappa shape index (κ3) is 57.1. The molecule has 0 saturated carbocycles. The largest absolute Gasteiger partial charge is 0.466 e. The predicted molar refractivity (Wildman–Crippen MR) is 315 cm³/mol. The highest BCUT2D eigenvalue weighted by Crippen LogP contribution is 2.17. The summed E-state index contributed by atoms with van der Waals surface area (Å²) < 4.78 is 5.49. The Hall–Kier alpha value is -2.18. The average Bonchev–Trinajstić information content (AvgIpc) is 3.38. The van der Waals surface area contributed by atoms with E-state index in [1.165, 1.54) is 238 Å². The Bertz CT molecular complexity index is 1210. The van der Waals surface area contributed by atoms with E-state index in [1.807, 2.05) is 6.08 Å². The van der Waals surface area contributed by atoms with Crippen molar-refractivity contribution in [1.29, 1.82) is 0 Å². The molecule has 0 bridgehead atoms. The Morgan fingerprint density at radius 3 is 1.10 bits per heavy atom. The maximum atomic E-state index is 12.5. The second-order valence-electron chi connectivity index (χ2n) is 21.7. The van der Waals surface area contributed by atoms with E-state index < -0.39 is 12.1 Å². The van der Waals surface area contributed by atoms with Crippen molar-refractivity contribution >= 4 is 11.9 Å². The zero-order valence-electron chi connectivity index (χ0n) is 48.2. The van der Waals surface area contributed by atoms with E-state index in [4.69, 9.17) is 4.74 Å². The average molecular weight is 1010 g/mol. The highest BCUT2D eigenvalue weighted by Gasteiger charge is 2.18. The van der Waals surface area contributed by atoms with Gasteiger partial charge < -0.3 is 20.3 Å². The van der Waals surface area contributed by atoms with E-state index in [1.54, 1.807) is 6.08 Å². The van der Waals surface area contributed by atoms with Crippen molar-refractivity contribution in [2.45, 2.75) is 347 Å². The lowest BCUT2D eigenvalue weighted by atomic mass is 10.0. The molecule has 0 aliphatic rings. The maximum Gasteiger partial charge on any atom is 0.305 e. The molecule has 0 spiro atoms. The van der Waals surface area contributed by atoms with Crippen LogP contribution in [0, 0.1) is 0 Å². The summed E-state index contributed by atoms with van der Waals surface area (Å²) in [5.41, 5.74) is 0. The summed E-state index contributed by atoms with van der Waals surface area (Å²) in [7, 11) is 0. The number of amides is 1. The minimum absolute atomic E-state index is 0.00755. The predicted octanol–water partition coefficient (Wildman–Crippen LogP) is 20.1. The number of rotatable bonds is 59. The number of hydrogen-bond acceptors (Lipinski definition) is 5. The first-order chi connectivity index (χ1) is 35.5. The molecule has 72 heavy (non-hydrogen) atoms. The Balaban J connectivity index is 3.49. The number of ether oxygens (including phenoxy) is 1. The summed E-state index contributed by atoms with van der Waals surface area (Å²) in [4.78, 5) is 24.6. The van der Waals surface area contributed by atoms with Gasteiger partial charge in [-0.05, 0) is 89.9 Å². The smallest absolute Gasteiger partial charge is 0.305 e. The molecule has 0 saturated heterocycles. The van der Waals surface area contributed by atoms with Gasteiger partial charge in [0.2, 0.25) is 5.91 Å². The van der Waals surface area contributed by atoms with Crippen LogP contribution in [-0.2, 0) is 14.3 Å². The highest BCUT2D eigenvalue weighted by atomic mass is 16.5. The Labute approximate surface area is 448 Å². The molecule has 0 aliphatic carbocycles. The van der Waals surface area contributed by atoms with Crippen molar-refractivity contribution in [2.75, 3.05) is 13.2 Å². The summed E-state index contributed by atoms with van der Waals surface area (Å²) >= 11 is 0. The van der Waals surface area contributed by atoms with E-state index >= 15 is 0 Å². The monoisotopic (exact) mass is 1010 g/mol. The van der Waals surface area contributed by atoms with Crippen LogP contribution in [0.1, 0.15) is 335 Å². The van der Waals surface area contributed by atoms with Gasteiger partial charge in [0.25, 0.3) is 0 Å². The molecule has 0 radical (unpaired) electrons. The number of aliphatic hydroxyl groups is 2. The van der Waals surface area contributed by atoms with Crippen LogP contribution in [0.2, 0.25) is 0 Å². The fourth-order valence-corrected chi connectivity index (χ4v) is 9.66. The normalized spacial score (nSPS) is 12.9. The molecule has 6 nitrogen and oxygen atoms in total. The molecule has 2 unspecified atom stereocenters. The number of unbranched alkanes of at least 4 members (excludes halogenated alkanes) is 42. The van der Waals surface area contributed by atoms with Gasteiger partial charge in [0.1, 0.15) is 0 Å². The first-order valence-corrected chi connectivity index (χ1v) is 31.9. The highest BCUT2D eigenvalue weighted by molar-refractivity contribution is 5.76. The van der Waals surface area contributed by atoms with Gasteiger partial charge in [0, 0.05) is 12.8 Å². The first kappa shape index (κ1) is 69.8. The maximum absolute atomic E-state index is 12.5. The molecule has 3 N–H and O–H groups in total. The molecular formula is C66H123NO5. The Morgan fingerprint density at radius 2 is 0.694 bits per heavy atom. The number of aliphatic hydroxyl groups excluding tert-OH is 2. The summed E-state index contributed by atoms with van der Waals surface area (Å²) in [5, 5.41) is 23.2. The molecule has 0 aromatic rings. The van der Waals surface area contributed by atoms with Crippen molar-refractivity contribution in [3.63, 3.8) is 0 Å². The SMILES string of the molecule is CCCCC/C=C\C/C=C\CCCCCCCCCCCC(=O)OCCCCCCCCC/C=C\CCCCCCCC(=O)NC(CO)C(O)/C=C/CCCCCCCCCCCCCCCCCCCC. The number of hydrogen-bond donors (Lipinski definition) is 3. The van der Waals surface area contributed by atoms with Crippen LogP contribution in [0.4, 0.5) is 0 Å². The lowest BCUT2D eigenvalue weighted by Gasteiger charge is -2.20. The molecule has 0 aliphatic heterocycles. The molecule has 6 heteroatoms. The van der Waals surface area contributed by atoms with Crippen molar-refractivity contribution in [3.05, 3.63) is 48.6 Å². The lowest BCUT2D eigenvalue weighted by Crippen LogP contribution is -2.45. The number of carbonyl (C=O) groups excluding carboxylic acids is 2. The Kier molecular flexibility index (Phi) is 59.5. The van der Waals surface area contributed by atoms with Crippen LogP contribution in [-0.4, -0.2) is 47.4 Å². The van der Waals surface area contributed by atoms with Crippen LogP contribution in [0.15, 0.2) is 48.6 Å². The molecule has 0 fully saturated rings. The Morgan fingerprint density at radius 1 is 0.389 bits per heavy atom. The van der Waals surface area contributed by atoms with Crippen molar-refractivity contribution in [2.24, 2.45) is 0 Å². The van der Waals surface area contributed by atoms with Crippen LogP contribution < -0.4 is 5.32 Å². The van der Waals surface area contributed by atoms with Crippen molar-refractivity contribution < 1.29 is 24.5 Å². The molecule has 1 amide bonds. The third-order valence-corrected chi connectivity index (χ3v) is 14.6. The van der Waals surface area contributed by atoms with E-state index in [0.29, 0.717) is 19.4 Å². The molecule has 422 valence electrons. The van der Waals surface area contributed by atoms with Crippen LogP contribution in [0.3, 0.4) is 0 Å². The van der Waals surface area contributed by atoms with Gasteiger partial charge in [-0.15, -0.1) is 0 Å². The zero-order chi connectivity index (χ0) is 52.2. The van der Waals surface area contributed by atoms with Gasteiger partial charge in [0.15, 0.2) is 0 Å². The molecular weight excluding hydrogens is 887 g/mol. The van der Waals surface area contributed by atoms with E-state index in [9.17, 15) is 19.8 Å². The van der Waals surface area contributed by atoms with Crippen molar-refractivity contribution in [3.8, 4) is 0 Å². The van der Waals surface area contributed by atoms with Crippen LogP contribution in [0.5, 0.6) is 0 Å². The number of nitrogens with one attached hydrogen (secondary N) is 1. The summed E-state index contributed by atoms with van der Waals surface area (Å²) in [5.74, 6) is -0.0909. The molecule has 0 aromatic heterocycles. The summed E-state index contributed by atoms with van der Waals surface area (Å²) in [6, 6.07) is -0.642. The number of carbonyl (C=O) groups is 2. The zero-order valence-corrected chi connectivity index (χ0v) is 48.2. The van der Waals surface area contributed by atoms with Gasteiger partial charge in [-0.25, -0.2) is 0 Å². The van der Waals surface area contributed by atoms with Gasteiger partial charge in [0.05, 0.1) is 25.4 Å². The molecule has 0 rings (SSSR count).